The van der Waals surface area contributed by atoms with Gasteiger partial charge in [0.1, 0.15) is 0 Å². The van der Waals surface area contributed by atoms with Crippen LogP contribution in [-0.2, 0) is 16.0 Å². The maximum atomic E-state index is 11.5. The number of nitrogens with two attached hydrogens (primary N) is 1. The average Bonchev–Trinajstić information content (AvgIpc) is 2.94. The van der Waals surface area contributed by atoms with Crippen molar-refractivity contribution >= 4 is 23.0 Å². The number of benzene rings is 1. The number of aromatic nitrogens is 2. The maximum Gasteiger partial charge on any atom is 0.337 e. The van der Waals surface area contributed by atoms with E-state index >= 15 is 0 Å². The molecule has 7 heteroatoms. The molecule has 2 aromatic rings. The second kappa shape index (κ2) is 6.76. The number of carbonyl (C=O) groups excluding carboxylic acids is 1. The largest absolute Gasteiger partial charge is 0.465 e. The molecule has 0 unspecified atom stereocenters. The van der Waals surface area contributed by atoms with Gasteiger partial charge >= 0.3 is 5.97 Å². The summed E-state index contributed by atoms with van der Waals surface area (Å²) >= 11 is 0. The first kappa shape index (κ1) is 14.9. The maximum absolute atomic E-state index is 11.5. The third-order valence-corrected chi connectivity index (χ3v) is 2.91. The molecule has 7 nitrogen and oxygen atoms in total. The molecular weight excluding hydrogens is 272 g/mol. The average molecular weight is 290 g/mol. The third kappa shape index (κ3) is 3.73. The van der Waals surface area contributed by atoms with Crippen LogP contribution in [-0.4, -0.2) is 36.6 Å². The number of anilines is 3. The molecule has 0 atom stereocenters. The van der Waals surface area contributed by atoms with Gasteiger partial charge in [0.25, 0.3) is 0 Å². The number of methoxy groups -OCH3 is 2. The molecule has 0 aliphatic rings. The minimum absolute atomic E-state index is 0.408. The van der Waals surface area contributed by atoms with Crippen molar-refractivity contribution in [3.63, 3.8) is 0 Å². The predicted octanol–water partition coefficient (Wildman–Crippen LogP) is 1.64. The van der Waals surface area contributed by atoms with Crippen LogP contribution < -0.4 is 11.1 Å². The predicted molar refractivity (Wildman–Crippen MR) is 79.6 cm³/mol. The smallest absolute Gasteiger partial charge is 0.337 e. The van der Waals surface area contributed by atoms with E-state index in [0.29, 0.717) is 30.1 Å². The van der Waals surface area contributed by atoms with Crippen LogP contribution in [0.1, 0.15) is 10.4 Å². The fourth-order valence-electron chi connectivity index (χ4n) is 1.80. The Hall–Kier alpha value is -2.54. The van der Waals surface area contributed by atoms with Crippen LogP contribution in [0.15, 0.2) is 30.6 Å². The van der Waals surface area contributed by atoms with E-state index in [2.05, 4.69) is 10.4 Å². The Morgan fingerprint density at radius 1 is 1.43 bits per heavy atom. The molecule has 0 aliphatic carbocycles. The van der Waals surface area contributed by atoms with Crippen LogP contribution >= 0.6 is 0 Å². The van der Waals surface area contributed by atoms with Gasteiger partial charge in [-0.05, 0) is 18.2 Å². The van der Waals surface area contributed by atoms with Crippen molar-refractivity contribution in [2.45, 2.75) is 6.54 Å². The van der Waals surface area contributed by atoms with Crippen molar-refractivity contribution < 1.29 is 14.3 Å². The molecule has 112 valence electrons. The molecule has 0 saturated carbocycles. The Kier molecular flexibility index (Phi) is 4.78. The van der Waals surface area contributed by atoms with Gasteiger partial charge in [-0.1, -0.05) is 0 Å². The number of hydrogen-bond acceptors (Lipinski definition) is 6. The Labute approximate surface area is 122 Å². The molecule has 1 heterocycles. The van der Waals surface area contributed by atoms with Gasteiger partial charge in [-0.25, -0.2) is 4.79 Å². The fraction of sp³-hybridized carbons (Fsp3) is 0.286. The van der Waals surface area contributed by atoms with Crippen LogP contribution in [0.25, 0.3) is 0 Å². The Bertz CT molecular complexity index is 624. The zero-order chi connectivity index (χ0) is 15.2. The lowest BCUT2D eigenvalue weighted by Gasteiger charge is -2.09. The Balaban J connectivity index is 2.14. The number of nitrogens with zero attached hydrogens (tertiary/aromatic N) is 2. The second-order valence-corrected chi connectivity index (χ2v) is 4.40. The van der Waals surface area contributed by atoms with Gasteiger partial charge in [-0.15, -0.1) is 0 Å². The molecular formula is C14H18N4O3. The van der Waals surface area contributed by atoms with E-state index in [1.165, 1.54) is 7.11 Å². The number of nitrogens with one attached hydrogen (secondary N) is 1. The van der Waals surface area contributed by atoms with Gasteiger partial charge in [0.2, 0.25) is 0 Å². The van der Waals surface area contributed by atoms with Crippen LogP contribution in [0.5, 0.6) is 0 Å². The number of carbonyl (C=O) groups is 1. The number of hydrogen-bond donors (Lipinski definition) is 2. The van der Waals surface area contributed by atoms with E-state index in [4.69, 9.17) is 15.2 Å². The van der Waals surface area contributed by atoms with Crippen molar-refractivity contribution in [2.24, 2.45) is 0 Å². The lowest BCUT2D eigenvalue weighted by atomic mass is 10.1. The summed E-state index contributed by atoms with van der Waals surface area (Å²) in [6.07, 6.45) is 3.52. The van der Waals surface area contributed by atoms with Gasteiger partial charge in [0, 0.05) is 13.3 Å². The van der Waals surface area contributed by atoms with E-state index in [-0.39, 0.29) is 0 Å². The minimum Gasteiger partial charge on any atom is -0.465 e. The van der Waals surface area contributed by atoms with Gasteiger partial charge in [-0.3, -0.25) is 4.68 Å². The molecule has 0 amide bonds. The molecule has 0 fully saturated rings. The SMILES string of the molecule is COCCn1cc(Nc2cc(C(=O)OC)ccc2N)cn1. The first-order chi connectivity index (χ1) is 10.1. The summed E-state index contributed by atoms with van der Waals surface area (Å²) < 4.78 is 11.4. The van der Waals surface area contributed by atoms with Gasteiger partial charge in [0.15, 0.2) is 0 Å². The van der Waals surface area contributed by atoms with E-state index < -0.39 is 5.97 Å². The molecule has 1 aromatic heterocycles. The molecule has 0 bridgehead atoms. The molecule has 0 radical (unpaired) electrons. The first-order valence-corrected chi connectivity index (χ1v) is 6.40. The van der Waals surface area contributed by atoms with Crippen LogP contribution in [0.3, 0.4) is 0 Å². The summed E-state index contributed by atoms with van der Waals surface area (Å²) in [5.74, 6) is -0.408. The lowest BCUT2D eigenvalue weighted by Crippen LogP contribution is -2.04. The number of rotatable bonds is 6. The van der Waals surface area contributed by atoms with Crippen molar-refractivity contribution in [1.82, 2.24) is 9.78 Å². The van der Waals surface area contributed by atoms with Gasteiger partial charge in [-0.2, -0.15) is 5.10 Å². The molecule has 0 saturated heterocycles. The third-order valence-electron chi connectivity index (χ3n) is 2.91. The summed E-state index contributed by atoms with van der Waals surface area (Å²) in [6, 6.07) is 4.92. The zero-order valence-corrected chi connectivity index (χ0v) is 12.0. The van der Waals surface area contributed by atoms with E-state index in [0.717, 1.165) is 5.69 Å². The molecule has 3 N–H and O–H groups in total. The Morgan fingerprint density at radius 3 is 2.95 bits per heavy atom. The lowest BCUT2D eigenvalue weighted by molar-refractivity contribution is 0.0601. The monoisotopic (exact) mass is 290 g/mol. The quantitative estimate of drug-likeness (QED) is 0.621. The van der Waals surface area contributed by atoms with Crippen LogP contribution in [0.4, 0.5) is 17.1 Å². The highest BCUT2D eigenvalue weighted by Crippen LogP contribution is 2.24. The normalized spacial score (nSPS) is 10.4. The van der Waals surface area contributed by atoms with E-state index in [9.17, 15) is 4.79 Å². The van der Waals surface area contributed by atoms with Crippen molar-refractivity contribution in [2.75, 3.05) is 31.9 Å². The van der Waals surface area contributed by atoms with Crippen LogP contribution in [0.2, 0.25) is 0 Å². The fourth-order valence-corrected chi connectivity index (χ4v) is 1.80. The molecule has 1 aromatic carbocycles. The number of ether oxygens (including phenoxy) is 2. The Morgan fingerprint density at radius 2 is 2.24 bits per heavy atom. The molecule has 21 heavy (non-hydrogen) atoms. The summed E-state index contributed by atoms with van der Waals surface area (Å²) in [4.78, 5) is 11.5. The van der Waals surface area contributed by atoms with Crippen molar-refractivity contribution in [3.8, 4) is 0 Å². The van der Waals surface area contributed by atoms with Gasteiger partial charge in [0.05, 0.1) is 49.1 Å². The number of nitrogen functional groups attached to an aromatic ring is 1. The standard InChI is InChI=1S/C14H18N4O3/c1-20-6-5-18-9-11(8-16-18)17-13-7-10(14(19)21-2)3-4-12(13)15/h3-4,7-9,17H,5-6,15H2,1-2H3. The van der Waals surface area contributed by atoms with Gasteiger partial charge < -0.3 is 20.5 Å². The first-order valence-electron chi connectivity index (χ1n) is 6.40. The van der Waals surface area contributed by atoms with Crippen molar-refractivity contribution in [1.29, 1.82) is 0 Å². The highest BCUT2D eigenvalue weighted by molar-refractivity contribution is 5.92. The summed E-state index contributed by atoms with van der Waals surface area (Å²) in [6.45, 7) is 1.25. The van der Waals surface area contributed by atoms with E-state index in [1.54, 1.807) is 36.2 Å². The van der Waals surface area contributed by atoms with E-state index in [1.807, 2.05) is 6.20 Å². The second-order valence-electron chi connectivity index (χ2n) is 4.40. The topological polar surface area (TPSA) is 91.4 Å². The summed E-state index contributed by atoms with van der Waals surface area (Å²) in [5.41, 5.74) is 8.28. The highest BCUT2D eigenvalue weighted by atomic mass is 16.5. The minimum atomic E-state index is -0.408. The number of esters is 1. The molecule has 0 spiro atoms. The molecule has 0 aliphatic heterocycles. The van der Waals surface area contributed by atoms with Crippen molar-refractivity contribution in [3.05, 3.63) is 36.2 Å². The summed E-state index contributed by atoms with van der Waals surface area (Å²) in [5, 5.41) is 7.33. The highest BCUT2D eigenvalue weighted by Gasteiger charge is 2.09. The van der Waals surface area contributed by atoms with Crippen LogP contribution in [0, 0.1) is 0 Å². The zero-order valence-electron chi connectivity index (χ0n) is 12.0. The molecule has 2 rings (SSSR count). The summed E-state index contributed by atoms with van der Waals surface area (Å²) in [7, 11) is 2.98.